The summed E-state index contributed by atoms with van der Waals surface area (Å²) in [5.41, 5.74) is 2.85. The molecule has 1 amide bonds. The van der Waals surface area contributed by atoms with E-state index >= 15 is 0 Å². The number of hydrogen-bond donors (Lipinski definition) is 2. The number of carbonyl (C=O) groups is 3. The summed E-state index contributed by atoms with van der Waals surface area (Å²) in [6.07, 6.45) is 7.38. The molecule has 2 aromatic rings. The zero-order chi connectivity index (χ0) is 18.4. The number of fused-ring (bicyclic) bond motifs is 2. The normalized spacial score (nSPS) is 12.5. The summed E-state index contributed by atoms with van der Waals surface area (Å²) < 4.78 is 2.03. The molecule has 0 aliphatic carbocycles. The highest BCUT2D eigenvalue weighted by atomic mass is 16.4. The van der Waals surface area contributed by atoms with Crippen molar-refractivity contribution in [2.75, 3.05) is 17.0 Å². The quantitative estimate of drug-likeness (QED) is 0.629. The van der Waals surface area contributed by atoms with E-state index in [0.29, 0.717) is 18.7 Å². The summed E-state index contributed by atoms with van der Waals surface area (Å²) in [7, 11) is 1.97. The Balaban J connectivity index is 0.000000242. The predicted octanol–water partition coefficient (Wildman–Crippen LogP) is 0.971. The molecule has 0 unspecified atom stereocenters. The van der Waals surface area contributed by atoms with Gasteiger partial charge in [0.1, 0.15) is 0 Å². The molecule has 0 fully saturated rings. The lowest BCUT2D eigenvalue weighted by molar-refractivity contribution is -0.134. The van der Waals surface area contributed by atoms with E-state index in [1.54, 1.807) is 17.3 Å². The van der Waals surface area contributed by atoms with Gasteiger partial charge in [-0.05, 0) is 18.2 Å². The molecule has 3 rings (SSSR count). The first kappa shape index (κ1) is 17.7. The molecule has 0 saturated heterocycles. The number of hydrogen-bond acceptors (Lipinski definition) is 5. The second kappa shape index (κ2) is 7.77. The Morgan fingerprint density at radius 2 is 1.84 bits per heavy atom. The van der Waals surface area contributed by atoms with Crippen molar-refractivity contribution in [1.82, 2.24) is 9.66 Å². The molecule has 0 spiro atoms. The predicted molar refractivity (Wildman–Crippen MR) is 89.1 cm³/mol. The van der Waals surface area contributed by atoms with E-state index in [1.165, 1.54) is 0 Å². The van der Waals surface area contributed by atoms with Gasteiger partial charge >= 0.3 is 11.9 Å². The maximum Gasteiger partial charge on any atom is 0.328 e. The highest BCUT2D eigenvalue weighted by Crippen LogP contribution is 2.31. The summed E-state index contributed by atoms with van der Waals surface area (Å²) >= 11 is 0. The number of amides is 1. The number of carboxylic acids is 2. The van der Waals surface area contributed by atoms with Crippen LogP contribution in [0.1, 0.15) is 5.69 Å². The van der Waals surface area contributed by atoms with E-state index in [9.17, 15) is 14.4 Å². The van der Waals surface area contributed by atoms with E-state index in [1.807, 2.05) is 41.1 Å². The standard InChI is InChI=1S/C12H12N4O.C4H4O4/c1-14-11-4-5-13-7-12(11)15(9-17)8-10-3-2-6-16(10)14;5-3(6)1-2-4(7)8/h2-7,9H,8H2,1H3;1-2H,(H,5,6)(H,7,8). The lowest BCUT2D eigenvalue weighted by Crippen LogP contribution is -2.24. The smallest absolute Gasteiger partial charge is 0.328 e. The van der Waals surface area contributed by atoms with Crippen molar-refractivity contribution in [2.45, 2.75) is 6.54 Å². The lowest BCUT2D eigenvalue weighted by atomic mass is 10.3. The minimum atomic E-state index is -1.26. The van der Waals surface area contributed by atoms with E-state index in [4.69, 9.17) is 10.2 Å². The third-order valence-corrected chi connectivity index (χ3v) is 3.40. The fourth-order valence-corrected chi connectivity index (χ4v) is 2.31. The Hall–Kier alpha value is -3.62. The number of carboxylic acid groups (broad SMARTS) is 2. The topological polar surface area (TPSA) is 116 Å². The molecule has 25 heavy (non-hydrogen) atoms. The molecule has 9 heteroatoms. The summed E-state index contributed by atoms with van der Waals surface area (Å²) in [4.78, 5) is 36.0. The van der Waals surface area contributed by atoms with Gasteiger partial charge in [-0.15, -0.1) is 0 Å². The maximum absolute atomic E-state index is 11.2. The minimum Gasteiger partial charge on any atom is -0.478 e. The molecule has 1 aliphatic heterocycles. The van der Waals surface area contributed by atoms with Crippen molar-refractivity contribution in [1.29, 1.82) is 0 Å². The third kappa shape index (κ3) is 4.22. The van der Waals surface area contributed by atoms with Crippen LogP contribution in [0.15, 0.2) is 48.9 Å². The zero-order valence-electron chi connectivity index (χ0n) is 13.3. The van der Waals surface area contributed by atoms with Gasteiger partial charge in [0.15, 0.2) is 0 Å². The number of nitrogens with zero attached hydrogens (tertiary/aromatic N) is 4. The minimum absolute atomic E-state index is 0.555. The van der Waals surface area contributed by atoms with Gasteiger partial charge in [0.2, 0.25) is 6.41 Å². The average Bonchev–Trinajstić information content (AvgIpc) is 3.02. The molecule has 0 aromatic carbocycles. The molecule has 3 heterocycles. The Bertz CT molecular complexity index is 798. The maximum atomic E-state index is 11.2. The Kier molecular flexibility index (Phi) is 5.51. The van der Waals surface area contributed by atoms with Crippen molar-refractivity contribution in [2.24, 2.45) is 0 Å². The highest BCUT2D eigenvalue weighted by molar-refractivity contribution is 5.89. The van der Waals surface area contributed by atoms with Gasteiger partial charge in [-0.1, -0.05) is 0 Å². The number of carbonyl (C=O) groups excluding carboxylic acids is 1. The molecule has 0 radical (unpaired) electrons. The SMILES string of the molecule is CN1c2ccncc2N(C=O)Cc2cccn21.O=C(O)C=CC(=O)O. The van der Waals surface area contributed by atoms with Crippen LogP contribution in [0.3, 0.4) is 0 Å². The largest absolute Gasteiger partial charge is 0.478 e. The van der Waals surface area contributed by atoms with Gasteiger partial charge in [0, 0.05) is 31.6 Å². The van der Waals surface area contributed by atoms with Gasteiger partial charge in [-0.2, -0.15) is 0 Å². The van der Waals surface area contributed by atoms with Gasteiger partial charge in [0.25, 0.3) is 0 Å². The van der Waals surface area contributed by atoms with Crippen LogP contribution >= 0.6 is 0 Å². The van der Waals surface area contributed by atoms with Crippen molar-refractivity contribution < 1.29 is 24.6 Å². The fraction of sp³-hybridized carbons (Fsp3) is 0.125. The zero-order valence-corrected chi connectivity index (χ0v) is 13.3. The van der Waals surface area contributed by atoms with Crippen molar-refractivity contribution in [3.63, 3.8) is 0 Å². The Labute approximate surface area is 143 Å². The lowest BCUT2D eigenvalue weighted by Gasteiger charge is -2.22. The first-order valence-electron chi connectivity index (χ1n) is 7.14. The van der Waals surface area contributed by atoms with E-state index in [-0.39, 0.29) is 0 Å². The molecule has 130 valence electrons. The van der Waals surface area contributed by atoms with Crippen LogP contribution in [0.25, 0.3) is 0 Å². The van der Waals surface area contributed by atoms with Crippen LogP contribution in [0, 0.1) is 0 Å². The molecule has 2 aromatic heterocycles. The summed E-state index contributed by atoms with van der Waals surface area (Å²) in [5, 5.41) is 17.6. The number of pyridine rings is 1. The first-order valence-corrected chi connectivity index (χ1v) is 7.14. The average molecular weight is 344 g/mol. The van der Waals surface area contributed by atoms with Crippen molar-refractivity contribution in [3.8, 4) is 0 Å². The highest BCUT2D eigenvalue weighted by Gasteiger charge is 2.21. The van der Waals surface area contributed by atoms with Crippen LogP contribution in [0.2, 0.25) is 0 Å². The molecule has 0 saturated carbocycles. The molecular formula is C16H16N4O5. The number of rotatable bonds is 3. The molecule has 1 aliphatic rings. The van der Waals surface area contributed by atoms with E-state index in [2.05, 4.69) is 4.98 Å². The molecule has 2 N–H and O–H groups in total. The van der Waals surface area contributed by atoms with Crippen molar-refractivity contribution >= 4 is 29.7 Å². The van der Waals surface area contributed by atoms with Crippen LogP contribution in [0.4, 0.5) is 11.4 Å². The van der Waals surface area contributed by atoms with Crippen LogP contribution < -0.4 is 9.91 Å². The van der Waals surface area contributed by atoms with Gasteiger partial charge in [-0.25, -0.2) is 9.59 Å². The van der Waals surface area contributed by atoms with Gasteiger partial charge < -0.3 is 15.1 Å². The monoisotopic (exact) mass is 344 g/mol. The fourth-order valence-electron chi connectivity index (χ4n) is 2.31. The molecule has 0 atom stereocenters. The number of aliphatic carboxylic acids is 2. The molecule has 0 bridgehead atoms. The summed E-state index contributed by atoms with van der Waals surface area (Å²) in [5.74, 6) is -2.51. The van der Waals surface area contributed by atoms with E-state index in [0.717, 1.165) is 23.5 Å². The van der Waals surface area contributed by atoms with Crippen molar-refractivity contribution in [3.05, 3.63) is 54.6 Å². The number of anilines is 2. The number of aromatic nitrogens is 2. The second-order valence-electron chi connectivity index (χ2n) is 4.98. The van der Waals surface area contributed by atoms with Crippen LogP contribution in [-0.2, 0) is 20.9 Å². The Morgan fingerprint density at radius 3 is 2.44 bits per heavy atom. The summed E-state index contributed by atoms with van der Waals surface area (Å²) in [6.45, 7) is 0.555. The summed E-state index contributed by atoms with van der Waals surface area (Å²) in [6, 6.07) is 5.88. The first-order chi connectivity index (χ1) is 11.9. The van der Waals surface area contributed by atoms with E-state index < -0.39 is 11.9 Å². The van der Waals surface area contributed by atoms with Gasteiger partial charge in [0.05, 0.1) is 29.8 Å². The Morgan fingerprint density at radius 1 is 1.16 bits per heavy atom. The van der Waals surface area contributed by atoms with Gasteiger partial charge in [-0.3, -0.25) is 19.5 Å². The molecular weight excluding hydrogens is 328 g/mol. The van der Waals surface area contributed by atoms with Crippen LogP contribution in [-0.4, -0.2) is 45.3 Å². The molecule has 9 nitrogen and oxygen atoms in total. The van der Waals surface area contributed by atoms with Crippen LogP contribution in [0.5, 0.6) is 0 Å². The third-order valence-electron chi connectivity index (χ3n) is 3.40. The second-order valence-corrected chi connectivity index (χ2v) is 4.98.